The summed E-state index contributed by atoms with van der Waals surface area (Å²) in [7, 11) is 0. The second kappa shape index (κ2) is 7.43. The third kappa shape index (κ3) is 4.46. The quantitative estimate of drug-likeness (QED) is 0.480. The fourth-order valence-electron chi connectivity index (χ4n) is 0.862. The van der Waals surface area contributed by atoms with Crippen LogP contribution in [0.4, 0.5) is 17.6 Å². The number of ether oxygens (including phenoxy) is 1. The van der Waals surface area contributed by atoms with E-state index in [9.17, 15) is 17.6 Å². The van der Waals surface area contributed by atoms with Crippen molar-refractivity contribution in [1.82, 2.24) is 0 Å². The van der Waals surface area contributed by atoms with E-state index in [1.807, 2.05) is 0 Å². The predicted molar refractivity (Wildman–Crippen MR) is 61.4 cm³/mol. The van der Waals surface area contributed by atoms with Gasteiger partial charge in [-0.3, -0.25) is 0 Å². The summed E-state index contributed by atoms with van der Waals surface area (Å²) in [6, 6.07) is 0. The van der Waals surface area contributed by atoms with Crippen LogP contribution in [0.1, 0.15) is 0 Å². The SMILES string of the molecule is FC(CCl)C(F)(CCl)OC(F)(CCl)C(F)CCl. The number of halogens is 8. The Morgan fingerprint density at radius 1 is 0.824 bits per heavy atom. The number of rotatable bonds is 8. The molecular weight excluding hydrogens is 330 g/mol. The molecule has 0 heterocycles. The van der Waals surface area contributed by atoms with Gasteiger partial charge in [0.05, 0.1) is 23.5 Å². The molecule has 0 bridgehead atoms. The second-order valence-electron chi connectivity index (χ2n) is 3.19. The highest BCUT2D eigenvalue weighted by Crippen LogP contribution is 2.35. The van der Waals surface area contributed by atoms with Gasteiger partial charge in [-0.1, -0.05) is 0 Å². The molecule has 0 saturated carbocycles. The summed E-state index contributed by atoms with van der Waals surface area (Å²) in [6.45, 7) is 0. The molecule has 9 heteroatoms. The molecule has 0 radical (unpaired) electrons. The number of hydrogen-bond donors (Lipinski definition) is 0. The van der Waals surface area contributed by atoms with Crippen molar-refractivity contribution < 1.29 is 22.3 Å². The molecule has 0 aliphatic carbocycles. The molecule has 0 amide bonds. The summed E-state index contributed by atoms with van der Waals surface area (Å²) in [5, 5.41) is 0. The van der Waals surface area contributed by atoms with Gasteiger partial charge in [-0.25, -0.2) is 17.6 Å². The van der Waals surface area contributed by atoms with Crippen LogP contribution in [0.25, 0.3) is 0 Å². The van der Waals surface area contributed by atoms with E-state index < -0.39 is 47.6 Å². The molecule has 0 aromatic heterocycles. The van der Waals surface area contributed by atoms with E-state index in [-0.39, 0.29) is 0 Å². The van der Waals surface area contributed by atoms with E-state index in [0.29, 0.717) is 0 Å². The van der Waals surface area contributed by atoms with Crippen molar-refractivity contribution >= 4 is 46.4 Å². The number of alkyl halides is 8. The average Bonchev–Trinajstić information content (AvgIpc) is 2.35. The van der Waals surface area contributed by atoms with Crippen LogP contribution in [0.3, 0.4) is 0 Å². The maximum absolute atomic E-state index is 13.8. The topological polar surface area (TPSA) is 9.23 Å². The molecule has 0 aromatic rings. The first-order valence-corrected chi connectivity index (χ1v) is 6.53. The third-order valence-electron chi connectivity index (χ3n) is 1.91. The Hall–Kier alpha value is 0.840. The molecule has 1 nitrogen and oxygen atoms in total. The van der Waals surface area contributed by atoms with Crippen molar-refractivity contribution in [1.29, 1.82) is 0 Å². The van der Waals surface area contributed by atoms with E-state index >= 15 is 0 Å². The van der Waals surface area contributed by atoms with Gasteiger partial charge in [0.2, 0.25) is 0 Å². The van der Waals surface area contributed by atoms with E-state index in [2.05, 4.69) is 4.74 Å². The normalized spacial score (nSPS) is 22.6. The van der Waals surface area contributed by atoms with Crippen LogP contribution in [-0.4, -0.2) is 47.6 Å². The van der Waals surface area contributed by atoms with Gasteiger partial charge in [0, 0.05) is 0 Å². The lowest BCUT2D eigenvalue weighted by Gasteiger charge is -2.34. The van der Waals surface area contributed by atoms with Gasteiger partial charge in [-0.05, 0) is 0 Å². The Kier molecular flexibility index (Phi) is 7.80. The first-order chi connectivity index (χ1) is 7.79. The zero-order chi connectivity index (χ0) is 13.7. The van der Waals surface area contributed by atoms with Crippen LogP contribution in [0.15, 0.2) is 0 Å². The first-order valence-electron chi connectivity index (χ1n) is 4.39. The van der Waals surface area contributed by atoms with Gasteiger partial charge < -0.3 is 4.74 Å². The fourth-order valence-corrected chi connectivity index (χ4v) is 1.77. The van der Waals surface area contributed by atoms with E-state index in [1.165, 1.54) is 0 Å². The minimum absolute atomic E-state index is 0.834. The molecule has 0 aliphatic rings. The molecule has 0 saturated heterocycles. The maximum Gasteiger partial charge on any atom is 0.258 e. The molecule has 0 rings (SSSR count). The van der Waals surface area contributed by atoms with E-state index in [4.69, 9.17) is 46.4 Å². The highest BCUT2D eigenvalue weighted by molar-refractivity contribution is 6.20. The highest BCUT2D eigenvalue weighted by atomic mass is 35.5. The van der Waals surface area contributed by atoms with Gasteiger partial charge in [0.15, 0.2) is 12.3 Å². The molecule has 0 fully saturated rings. The number of hydrogen-bond acceptors (Lipinski definition) is 1. The minimum atomic E-state index is -3.27. The Labute approximate surface area is 116 Å². The smallest absolute Gasteiger partial charge is 0.258 e. The van der Waals surface area contributed by atoms with E-state index in [0.717, 1.165) is 0 Å². The van der Waals surface area contributed by atoms with Gasteiger partial charge >= 0.3 is 0 Å². The largest absolute Gasteiger partial charge is 0.301 e. The highest BCUT2D eigenvalue weighted by Gasteiger charge is 2.51. The van der Waals surface area contributed by atoms with Crippen LogP contribution in [0.2, 0.25) is 0 Å². The van der Waals surface area contributed by atoms with Gasteiger partial charge in [0.25, 0.3) is 11.7 Å². The van der Waals surface area contributed by atoms with Crippen LogP contribution < -0.4 is 0 Å². The van der Waals surface area contributed by atoms with Crippen LogP contribution >= 0.6 is 46.4 Å². The second-order valence-corrected chi connectivity index (χ2v) is 4.34. The maximum atomic E-state index is 13.8. The summed E-state index contributed by atoms with van der Waals surface area (Å²) in [5.74, 6) is -10.4. The van der Waals surface area contributed by atoms with Crippen molar-refractivity contribution in [2.45, 2.75) is 24.1 Å². The molecular formula is C8H10Cl4F4O. The van der Waals surface area contributed by atoms with Crippen LogP contribution in [0, 0.1) is 0 Å². The lowest BCUT2D eigenvalue weighted by molar-refractivity contribution is -0.291. The summed E-state index contributed by atoms with van der Waals surface area (Å²) in [5.41, 5.74) is 0. The van der Waals surface area contributed by atoms with Crippen LogP contribution in [-0.2, 0) is 4.74 Å². The van der Waals surface area contributed by atoms with Crippen molar-refractivity contribution in [3.05, 3.63) is 0 Å². The molecule has 0 spiro atoms. The molecule has 4 unspecified atom stereocenters. The zero-order valence-corrected chi connectivity index (χ0v) is 11.4. The minimum Gasteiger partial charge on any atom is -0.301 e. The third-order valence-corrected chi connectivity index (χ3v) is 3.18. The lowest BCUT2D eigenvalue weighted by atomic mass is 10.2. The molecule has 4 atom stereocenters. The predicted octanol–water partition coefficient (Wildman–Crippen LogP) is 3.97. The summed E-state index contributed by atoms with van der Waals surface area (Å²) in [6.07, 6.45) is -4.86. The standard InChI is InChI=1S/C8H10Cl4F4O/c9-1-5(13)7(15,3-11)17-8(16,4-12)6(14)2-10/h5-6H,1-4H2. The molecule has 0 N–H and O–H groups in total. The Balaban J connectivity index is 4.96. The molecule has 0 aromatic carbocycles. The van der Waals surface area contributed by atoms with Gasteiger partial charge in [-0.15, -0.1) is 46.4 Å². The summed E-state index contributed by atoms with van der Waals surface area (Å²) >= 11 is 20.4. The monoisotopic (exact) mass is 338 g/mol. The Morgan fingerprint density at radius 3 is 1.29 bits per heavy atom. The lowest BCUT2D eigenvalue weighted by Crippen LogP contribution is -2.53. The fraction of sp³-hybridized carbons (Fsp3) is 1.00. The Morgan fingerprint density at radius 2 is 1.12 bits per heavy atom. The Bertz CT molecular complexity index is 216. The van der Waals surface area contributed by atoms with Crippen molar-refractivity contribution in [2.24, 2.45) is 0 Å². The molecule has 17 heavy (non-hydrogen) atoms. The average molecular weight is 340 g/mol. The van der Waals surface area contributed by atoms with Crippen LogP contribution in [0.5, 0.6) is 0 Å². The van der Waals surface area contributed by atoms with Gasteiger partial charge in [0.1, 0.15) is 0 Å². The van der Waals surface area contributed by atoms with Crippen molar-refractivity contribution in [2.75, 3.05) is 23.5 Å². The molecule has 104 valence electrons. The summed E-state index contributed by atoms with van der Waals surface area (Å²) in [4.78, 5) is 0. The summed E-state index contributed by atoms with van der Waals surface area (Å²) < 4.78 is 57.9. The van der Waals surface area contributed by atoms with Crippen molar-refractivity contribution in [3.8, 4) is 0 Å². The van der Waals surface area contributed by atoms with E-state index in [1.54, 1.807) is 0 Å². The zero-order valence-electron chi connectivity index (χ0n) is 8.42. The van der Waals surface area contributed by atoms with Gasteiger partial charge in [-0.2, -0.15) is 0 Å². The molecule has 0 aliphatic heterocycles. The van der Waals surface area contributed by atoms with Crippen molar-refractivity contribution in [3.63, 3.8) is 0 Å². The first kappa shape index (κ1) is 17.8.